The summed E-state index contributed by atoms with van der Waals surface area (Å²) in [6.07, 6.45) is -2.97. The molecule has 86 valence electrons. The van der Waals surface area contributed by atoms with Gasteiger partial charge in [0, 0.05) is 12.8 Å². The van der Waals surface area contributed by atoms with Crippen LogP contribution in [0.3, 0.4) is 0 Å². The molecule has 1 heterocycles. The van der Waals surface area contributed by atoms with Gasteiger partial charge in [0.05, 0.1) is 13.2 Å². The van der Waals surface area contributed by atoms with Crippen LogP contribution in [-0.4, -0.2) is 37.4 Å². The summed E-state index contributed by atoms with van der Waals surface area (Å²) in [5.74, 6) is 0. The van der Waals surface area contributed by atoms with Gasteiger partial charge in [-0.05, 0) is 0 Å². The third-order valence-electron chi connectivity index (χ3n) is 1.05. The summed E-state index contributed by atoms with van der Waals surface area (Å²) < 4.78 is 68.8. The summed E-state index contributed by atoms with van der Waals surface area (Å²) in [5, 5.41) is 0. The average molecular weight is 243 g/mol. The van der Waals surface area contributed by atoms with Crippen molar-refractivity contribution in [2.75, 3.05) is 19.7 Å². The van der Waals surface area contributed by atoms with Gasteiger partial charge in [0.2, 0.25) is 0 Å². The van der Waals surface area contributed by atoms with Gasteiger partial charge >= 0.3 is 13.4 Å². The first-order valence-electron chi connectivity index (χ1n) is 3.45. The van der Waals surface area contributed by atoms with E-state index < -0.39 is 13.4 Å². The second-order valence-corrected chi connectivity index (χ2v) is 3.03. The molecule has 0 unspecified atom stereocenters. The molecule has 1 aliphatic rings. The molecule has 0 aromatic heterocycles. The van der Waals surface area contributed by atoms with Crippen LogP contribution in [0.15, 0.2) is 0 Å². The quantitative estimate of drug-likeness (QED) is 0.359. The van der Waals surface area contributed by atoms with Crippen molar-refractivity contribution >= 4 is 20.1 Å². The normalized spacial score (nSPS) is 22.5. The topological polar surface area (TPSA) is 12.5 Å². The van der Waals surface area contributed by atoms with Crippen LogP contribution in [0.5, 0.6) is 0 Å². The first-order valence-corrected chi connectivity index (χ1v) is 3.90. The molecule has 0 aromatic rings. The molecule has 2 nitrogen and oxygen atoms in total. The van der Waals surface area contributed by atoms with Gasteiger partial charge in [0.25, 0.3) is 0 Å². The minimum Gasteiger partial charge on any atom is -0.418 e. The fourth-order valence-electron chi connectivity index (χ4n) is 0.652. The number of hydrogen-bond donors (Lipinski definition) is 0. The summed E-state index contributed by atoms with van der Waals surface area (Å²) in [7, 11) is -6.00. The molecule has 0 aliphatic carbocycles. The van der Waals surface area contributed by atoms with Crippen molar-refractivity contribution in [3.63, 3.8) is 0 Å². The lowest BCUT2D eigenvalue weighted by Crippen LogP contribution is -2.43. The van der Waals surface area contributed by atoms with Crippen LogP contribution in [0.1, 0.15) is 0 Å². The Morgan fingerprint density at radius 1 is 1.21 bits per heavy atom. The highest BCUT2D eigenvalue weighted by Crippen LogP contribution is 2.19. The van der Waals surface area contributed by atoms with Crippen molar-refractivity contribution in [3.05, 3.63) is 0 Å². The molecule has 1 fully saturated rings. The van der Waals surface area contributed by atoms with Gasteiger partial charge in [-0.15, -0.1) is 4.31 Å². The molecule has 0 aromatic carbocycles. The lowest BCUT2D eigenvalue weighted by atomic mass is 10.3. The molecule has 1 aliphatic heterocycles. The van der Waals surface area contributed by atoms with E-state index in [0.717, 1.165) is 0 Å². The first kappa shape index (κ1) is 13.9. The number of morpholine rings is 1. The van der Waals surface area contributed by atoms with Crippen molar-refractivity contribution in [1.82, 2.24) is 4.31 Å². The van der Waals surface area contributed by atoms with Gasteiger partial charge in [0.1, 0.15) is 6.54 Å². The van der Waals surface area contributed by atoms with Crippen LogP contribution in [-0.2, 0) is 17.6 Å². The third kappa shape index (κ3) is 10.00. The molecule has 0 amide bonds. The van der Waals surface area contributed by atoms with E-state index in [1.807, 2.05) is 0 Å². The summed E-state index contributed by atoms with van der Waals surface area (Å²) in [6.45, 7) is 0.215. The van der Waals surface area contributed by atoms with E-state index in [4.69, 9.17) is 0 Å². The summed E-state index contributed by atoms with van der Waals surface area (Å²) >= 11 is 2.98. The first-order chi connectivity index (χ1) is 6.10. The Labute approximate surface area is 81.8 Å². The van der Waals surface area contributed by atoms with Crippen molar-refractivity contribution in [2.45, 2.75) is 6.11 Å². The second-order valence-electron chi connectivity index (χ2n) is 2.40. The molecule has 0 radical (unpaired) electrons. The van der Waals surface area contributed by atoms with Crippen LogP contribution in [0.4, 0.5) is 26.0 Å². The van der Waals surface area contributed by atoms with Gasteiger partial charge in [0.15, 0.2) is 0 Å². The molecule has 0 N–H and O–H groups in total. The number of ether oxygens (including phenoxy) is 1. The number of rotatable bonds is 0. The molecular formula is C4H8BF6NOS. The number of halogens is 6. The fraction of sp³-hybridized carbons (Fsp3) is 1.00. The Balaban J connectivity index is 0.000000292. The monoisotopic (exact) mass is 243 g/mol. The van der Waals surface area contributed by atoms with Gasteiger partial charge in [-0.25, -0.2) is 0 Å². The zero-order chi connectivity index (χ0) is 11.4. The molecule has 0 saturated carbocycles. The highest BCUT2D eigenvalue weighted by Gasteiger charge is 2.37. The van der Waals surface area contributed by atoms with Crippen molar-refractivity contribution in [2.24, 2.45) is 0 Å². The van der Waals surface area contributed by atoms with E-state index >= 15 is 0 Å². The molecule has 0 atom stereocenters. The lowest BCUT2D eigenvalue weighted by molar-refractivity contribution is -0.259. The second kappa shape index (κ2) is 5.12. The zero-order valence-corrected chi connectivity index (χ0v) is 7.82. The van der Waals surface area contributed by atoms with Crippen molar-refractivity contribution in [1.29, 1.82) is 0 Å². The Morgan fingerprint density at radius 2 is 1.64 bits per heavy atom. The summed E-state index contributed by atoms with van der Waals surface area (Å²) in [4.78, 5) is 0. The van der Waals surface area contributed by atoms with Crippen LogP contribution >= 0.6 is 0 Å². The Hall–Kier alpha value is -0.0851. The Morgan fingerprint density at radius 3 is 1.86 bits per heavy atom. The average Bonchev–Trinajstić information content (AvgIpc) is 1.78. The molecule has 1 saturated heterocycles. The molecule has 1 rings (SSSR count). The lowest BCUT2D eigenvalue weighted by Gasteiger charge is -2.24. The minimum absolute atomic E-state index is 0.0799. The van der Waals surface area contributed by atoms with E-state index in [-0.39, 0.29) is 13.2 Å². The zero-order valence-electron chi connectivity index (χ0n) is 6.82. The molecule has 14 heavy (non-hydrogen) atoms. The van der Waals surface area contributed by atoms with E-state index in [2.05, 4.69) is 17.6 Å². The molecule has 0 bridgehead atoms. The predicted molar refractivity (Wildman–Crippen MR) is 42.8 cm³/mol. The van der Waals surface area contributed by atoms with Crippen molar-refractivity contribution in [3.8, 4) is 0 Å². The van der Waals surface area contributed by atoms with Crippen LogP contribution in [0.2, 0.25) is 0 Å². The van der Waals surface area contributed by atoms with Gasteiger partial charge in [-0.1, -0.05) is 0 Å². The number of hydrogen-bond acceptors (Lipinski definition) is 2. The highest BCUT2D eigenvalue weighted by atomic mass is 32.1. The van der Waals surface area contributed by atoms with E-state index in [1.54, 1.807) is 0 Å². The standard InChI is InChI=1S/C4H7F2NOS.BF4/c5-4(6)3-7(9)1-2-8-4;2-1(3,4)5/h9H,1-3H2;/q;-1/p+1. The smallest absolute Gasteiger partial charge is 0.418 e. The maximum absolute atomic E-state index is 12.2. The molecular weight excluding hydrogens is 235 g/mol. The largest absolute Gasteiger partial charge is 0.673 e. The maximum Gasteiger partial charge on any atom is 0.673 e. The van der Waals surface area contributed by atoms with Crippen LogP contribution < -0.4 is 0 Å². The highest BCUT2D eigenvalue weighted by molar-refractivity contribution is 7.55. The fourth-order valence-corrected chi connectivity index (χ4v) is 0.927. The number of nitrogens with zero attached hydrogens (tertiary/aromatic N) is 1. The van der Waals surface area contributed by atoms with E-state index in [0.29, 0.717) is 6.54 Å². The summed E-state index contributed by atoms with van der Waals surface area (Å²) in [6, 6.07) is 0. The van der Waals surface area contributed by atoms with E-state index in [1.165, 1.54) is 4.31 Å². The van der Waals surface area contributed by atoms with E-state index in [9.17, 15) is 26.0 Å². The minimum atomic E-state index is -6.00. The van der Waals surface area contributed by atoms with Crippen LogP contribution in [0.25, 0.3) is 0 Å². The maximum atomic E-state index is 12.2. The Kier molecular flexibility index (Phi) is 5.09. The van der Waals surface area contributed by atoms with Crippen LogP contribution in [0, 0.1) is 0 Å². The SMILES string of the molecule is FC1(F)CN([SH2+])CCO1.F[B-](F)(F)F. The molecule has 10 heteroatoms. The van der Waals surface area contributed by atoms with Crippen molar-refractivity contribution < 1.29 is 30.8 Å². The Bertz CT molecular complexity index is 172. The predicted octanol–water partition coefficient (Wildman–Crippen LogP) is 1.14. The molecule has 0 spiro atoms. The van der Waals surface area contributed by atoms with Gasteiger partial charge < -0.3 is 22.0 Å². The van der Waals surface area contributed by atoms with Gasteiger partial charge in [-0.2, -0.15) is 8.78 Å². The summed E-state index contributed by atoms with van der Waals surface area (Å²) in [5.41, 5.74) is 0. The van der Waals surface area contributed by atoms with Gasteiger partial charge in [-0.3, -0.25) is 0 Å². The third-order valence-corrected chi connectivity index (χ3v) is 1.43. The number of alkyl halides is 2.